The summed E-state index contributed by atoms with van der Waals surface area (Å²) in [5.41, 5.74) is 4.77. The Labute approximate surface area is 199 Å². The second kappa shape index (κ2) is 9.27. The van der Waals surface area contributed by atoms with Crippen molar-refractivity contribution in [3.8, 4) is 5.69 Å². The van der Waals surface area contributed by atoms with Gasteiger partial charge in [0.1, 0.15) is 5.65 Å². The van der Waals surface area contributed by atoms with Gasteiger partial charge in [0.05, 0.1) is 24.6 Å². The van der Waals surface area contributed by atoms with Crippen molar-refractivity contribution in [2.45, 2.75) is 32.5 Å². The van der Waals surface area contributed by atoms with Crippen LogP contribution in [-0.4, -0.2) is 57.7 Å². The van der Waals surface area contributed by atoms with Crippen molar-refractivity contribution in [2.24, 2.45) is 0 Å². The average molecular weight is 456 g/mol. The monoisotopic (exact) mass is 455 g/mol. The molecule has 1 aliphatic heterocycles. The SMILES string of the molecule is COC(=O)c1ccc(-n2ccc3cc(N4C[C@@H](C)N(Cc5cccnc5)[C@@H](C)C4)cnc32)cc1. The molecule has 4 aromatic rings. The van der Waals surface area contributed by atoms with Crippen molar-refractivity contribution in [3.63, 3.8) is 0 Å². The van der Waals surface area contributed by atoms with Gasteiger partial charge in [-0.1, -0.05) is 6.07 Å². The quantitative estimate of drug-likeness (QED) is 0.418. The van der Waals surface area contributed by atoms with Gasteiger partial charge in [-0.3, -0.25) is 9.88 Å². The maximum Gasteiger partial charge on any atom is 0.337 e. The van der Waals surface area contributed by atoms with Crippen LogP contribution in [0.3, 0.4) is 0 Å². The van der Waals surface area contributed by atoms with Crippen LogP contribution in [0.15, 0.2) is 73.3 Å². The zero-order chi connectivity index (χ0) is 23.7. The first-order chi connectivity index (χ1) is 16.5. The van der Waals surface area contributed by atoms with Gasteiger partial charge in [0.2, 0.25) is 0 Å². The van der Waals surface area contributed by atoms with Crippen LogP contribution >= 0.6 is 0 Å². The second-order valence-corrected chi connectivity index (χ2v) is 8.97. The van der Waals surface area contributed by atoms with Gasteiger partial charge >= 0.3 is 5.97 Å². The lowest BCUT2D eigenvalue weighted by Crippen LogP contribution is -2.56. The standard InChI is InChI=1S/C27H29N5O2/c1-19-16-30(17-20(2)32(19)18-21-5-4-11-28-14-21)25-13-23-10-12-31(26(23)29-15-25)24-8-6-22(7-9-24)27(33)34-3/h4-15,19-20H,16-18H2,1-3H3/t19-,20+. The highest BCUT2D eigenvalue weighted by atomic mass is 16.5. The molecule has 0 aliphatic carbocycles. The van der Waals surface area contributed by atoms with Crippen LogP contribution < -0.4 is 4.90 Å². The molecule has 0 amide bonds. The number of carbonyl (C=O) groups excluding carboxylic acids is 1. The molecule has 7 heteroatoms. The minimum Gasteiger partial charge on any atom is -0.465 e. The second-order valence-electron chi connectivity index (χ2n) is 8.97. The first-order valence-corrected chi connectivity index (χ1v) is 11.6. The number of hydrogen-bond acceptors (Lipinski definition) is 6. The number of aromatic nitrogens is 3. The summed E-state index contributed by atoms with van der Waals surface area (Å²) in [6.07, 6.45) is 7.77. The molecule has 0 bridgehead atoms. The fraction of sp³-hybridized carbons (Fsp3) is 0.296. The Kier molecular flexibility index (Phi) is 6.02. The number of ether oxygens (including phenoxy) is 1. The summed E-state index contributed by atoms with van der Waals surface area (Å²) < 4.78 is 6.83. The molecule has 1 saturated heterocycles. The van der Waals surface area contributed by atoms with E-state index < -0.39 is 0 Å². The minimum absolute atomic E-state index is 0.337. The van der Waals surface area contributed by atoms with Gasteiger partial charge in [-0.25, -0.2) is 9.78 Å². The highest BCUT2D eigenvalue weighted by Gasteiger charge is 2.30. The summed E-state index contributed by atoms with van der Waals surface area (Å²) >= 11 is 0. The zero-order valence-electron chi connectivity index (χ0n) is 19.8. The normalized spacial score (nSPS) is 18.9. The topological polar surface area (TPSA) is 63.5 Å². The van der Waals surface area contributed by atoms with Gasteiger partial charge in [-0.2, -0.15) is 0 Å². The molecular weight excluding hydrogens is 426 g/mol. The third kappa shape index (κ3) is 4.26. The molecule has 34 heavy (non-hydrogen) atoms. The van der Waals surface area contributed by atoms with E-state index in [0.29, 0.717) is 17.6 Å². The van der Waals surface area contributed by atoms with Crippen LogP contribution in [0.2, 0.25) is 0 Å². The lowest BCUT2D eigenvalue weighted by atomic mass is 10.1. The van der Waals surface area contributed by atoms with Crippen LogP contribution in [0, 0.1) is 0 Å². The summed E-state index contributed by atoms with van der Waals surface area (Å²) in [6.45, 7) is 7.40. The third-order valence-corrected chi connectivity index (χ3v) is 6.63. The Morgan fingerprint density at radius 3 is 2.47 bits per heavy atom. The van der Waals surface area contributed by atoms with Crippen LogP contribution in [0.25, 0.3) is 16.7 Å². The van der Waals surface area contributed by atoms with Crippen LogP contribution in [0.5, 0.6) is 0 Å². The van der Waals surface area contributed by atoms with E-state index in [-0.39, 0.29) is 5.97 Å². The molecule has 1 fully saturated rings. The molecule has 1 aliphatic rings. The minimum atomic E-state index is -0.337. The summed E-state index contributed by atoms with van der Waals surface area (Å²) in [5, 5.41) is 1.09. The summed E-state index contributed by atoms with van der Waals surface area (Å²) in [4.78, 5) is 25.8. The van der Waals surface area contributed by atoms with Gasteiger partial charge in [0, 0.05) is 61.4 Å². The third-order valence-electron chi connectivity index (χ3n) is 6.63. The number of fused-ring (bicyclic) bond motifs is 1. The predicted octanol–water partition coefficient (Wildman–Crippen LogP) is 4.31. The number of pyridine rings is 2. The number of benzene rings is 1. The lowest BCUT2D eigenvalue weighted by molar-refractivity contribution is 0.0600. The number of piperazine rings is 1. The zero-order valence-corrected chi connectivity index (χ0v) is 19.8. The molecule has 0 spiro atoms. The van der Waals surface area contributed by atoms with Crippen molar-refractivity contribution in [1.82, 2.24) is 19.4 Å². The number of carbonyl (C=O) groups is 1. The Balaban J connectivity index is 1.34. The first kappa shape index (κ1) is 22.1. The molecule has 0 saturated carbocycles. The Hall–Kier alpha value is -3.71. The molecule has 4 heterocycles. The number of rotatable bonds is 5. The van der Waals surface area contributed by atoms with Crippen molar-refractivity contribution in [2.75, 3.05) is 25.1 Å². The number of nitrogens with zero attached hydrogens (tertiary/aromatic N) is 5. The fourth-order valence-electron chi connectivity index (χ4n) is 4.85. The van der Waals surface area contributed by atoms with E-state index in [1.807, 2.05) is 47.6 Å². The van der Waals surface area contributed by atoms with E-state index >= 15 is 0 Å². The maximum absolute atomic E-state index is 11.7. The van der Waals surface area contributed by atoms with E-state index in [2.05, 4.69) is 46.8 Å². The number of methoxy groups -OCH3 is 1. The van der Waals surface area contributed by atoms with Crippen molar-refractivity contribution in [1.29, 1.82) is 0 Å². The smallest absolute Gasteiger partial charge is 0.337 e. The van der Waals surface area contributed by atoms with Crippen LogP contribution in [0.4, 0.5) is 5.69 Å². The van der Waals surface area contributed by atoms with Gasteiger partial charge in [0.15, 0.2) is 0 Å². The van der Waals surface area contributed by atoms with Crippen LogP contribution in [0.1, 0.15) is 29.8 Å². The van der Waals surface area contributed by atoms with Crippen molar-refractivity contribution >= 4 is 22.7 Å². The highest BCUT2D eigenvalue weighted by Crippen LogP contribution is 2.27. The summed E-state index contributed by atoms with van der Waals surface area (Å²) in [6, 6.07) is 16.6. The molecule has 5 rings (SSSR count). The van der Waals surface area contributed by atoms with Crippen molar-refractivity contribution < 1.29 is 9.53 Å². The van der Waals surface area contributed by atoms with Gasteiger partial charge in [-0.05, 0) is 61.9 Å². The van der Waals surface area contributed by atoms with E-state index in [1.165, 1.54) is 12.7 Å². The van der Waals surface area contributed by atoms with Gasteiger partial charge in [-0.15, -0.1) is 0 Å². The van der Waals surface area contributed by atoms with E-state index in [9.17, 15) is 4.79 Å². The first-order valence-electron chi connectivity index (χ1n) is 11.6. The maximum atomic E-state index is 11.7. The van der Waals surface area contributed by atoms with Crippen LogP contribution in [-0.2, 0) is 11.3 Å². The lowest BCUT2D eigenvalue weighted by Gasteiger charge is -2.45. The Bertz CT molecular complexity index is 1270. The molecule has 3 aromatic heterocycles. The predicted molar refractivity (Wildman–Crippen MR) is 133 cm³/mol. The van der Waals surface area contributed by atoms with E-state index in [0.717, 1.165) is 42.0 Å². The largest absolute Gasteiger partial charge is 0.465 e. The molecule has 174 valence electrons. The molecular formula is C27H29N5O2. The highest BCUT2D eigenvalue weighted by molar-refractivity contribution is 5.89. The van der Waals surface area contributed by atoms with Crippen molar-refractivity contribution in [3.05, 3.63) is 84.4 Å². The molecule has 0 radical (unpaired) electrons. The van der Waals surface area contributed by atoms with Gasteiger partial charge < -0.3 is 14.2 Å². The number of anilines is 1. The molecule has 2 atom stereocenters. The average Bonchev–Trinajstić information content (AvgIpc) is 3.29. The molecule has 7 nitrogen and oxygen atoms in total. The summed E-state index contributed by atoms with van der Waals surface area (Å²) in [5.74, 6) is -0.337. The van der Waals surface area contributed by atoms with Gasteiger partial charge in [0.25, 0.3) is 0 Å². The number of hydrogen-bond donors (Lipinski definition) is 0. The van der Waals surface area contributed by atoms with E-state index in [1.54, 1.807) is 12.1 Å². The molecule has 0 N–H and O–H groups in total. The molecule has 1 aromatic carbocycles. The fourth-order valence-corrected chi connectivity index (χ4v) is 4.85. The Morgan fingerprint density at radius 2 is 1.79 bits per heavy atom. The van der Waals surface area contributed by atoms with E-state index in [4.69, 9.17) is 9.72 Å². The summed E-state index contributed by atoms with van der Waals surface area (Å²) in [7, 11) is 1.39. The Morgan fingerprint density at radius 1 is 1.03 bits per heavy atom. The molecule has 0 unspecified atom stereocenters. The number of esters is 1.